The van der Waals surface area contributed by atoms with Crippen molar-refractivity contribution in [3.8, 4) is 0 Å². The van der Waals surface area contributed by atoms with E-state index in [9.17, 15) is 4.79 Å². The second kappa shape index (κ2) is 3.53. The van der Waals surface area contributed by atoms with E-state index in [1.165, 1.54) is 0 Å². The van der Waals surface area contributed by atoms with Crippen LogP contribution in [0, 0.1) is 5.92 Å². The van der Waals surface area contributed by atoms with Crippen LogP contribution in [0.2, 0.25) is 0 Å². The van der Waals surface area contributed by atoms with Crippen LogP contribution in [-0.4, -0.2) is 24.2 Å². The van der Waals surface area contributed by atoms with Crippen LogP contribution in [0.15, 0.2) is 0 Å². The van der Waals surface area contributed by atoms with Gasteiger partial charge in [-0.05, 0) is 19.4 Å². The van der Waals surface area contributed by atoms with Gasteiger partial charge in [-0.1, -0.05) is 0 Å². The topological polar surface area (TPSA) is 61.4 Å². The molecule has 1 fully saturated rings. The Bertz CT molecular complexity index is 121. The Morgan fingerprint density at radius 3 is 3.00 bits per heavy atom. The zero-order chi connectivity index (χ0) is 7.40. The number of piperidine rings is 1. The number of hydrogen-bond donors (Lipinski definition) is 3. The molecule has 0 aromatic rings. The Kier molecular flexibility index (Phi) is 2.65. The van der Waals surface area contributed by atoms with Gasteiger partial charge in [0, 0.05) is 6.54 Å². The van der Waals surface area contributed by atoms with Crippen molar-refractivity contribution in [3.05, 3.63) is 0 Å². The fraction of sp³-hybridized carbons (Fsp3) is 0.833. The van der Waals surface area contributed by atoms with E-state index in [1.807, 2.05) is 0 Å². The molecule has 0 bridgehead atoms. The molecule has 0 aliphatic carbocycles. The fourth-order valence-corrected chi connectivity index (χ4v) is 1.17. The molecule has 3 N–H and O–H groups in total. The van der Waals surface area contributed by atoms with Gasteiger partial charge in [0.25, 0.3) is 0 Å². The molecular formula is C6H12N2O2. The summed E-state index contributed by atoms with van der Waals surface area (Å²) in [6.45, 7) is 1.67. The van der Waals surface area contributed by atoms with E-state index < -0.39 is 0 Å². The van der Waals surface area contributed by atoms with Gasteiger partial charge >= 0.3 is 0 Å². The third-order valence-corrected chi connectivity index (χ3v) is 1.78. The molecule has 1 rings (SSSR count). The summed E-state index contributed by atoms with van der Waals surface area (Å²) in [5.74, 6) is -0.314. The lowest BCUT2D eigenvalue weighted by Gasteiger charge is -2.20. The standard InChI is InChI=1S/C6H12N2O2/c9-6(8-10)5-2-1-3-7-4-5/h5,7,10H,1-4H2,(H,8,9)/t5-/m1/s1. The Morgan fingerprint density at radius 2 is 2.50 bits per heavy atom. The highest BCUT2D eigenvalue weighted by Crippen LogP contribution is 2.08. The number of hydrogen-bond acceptors (Lipinski definition) is 3. The minimum Gasteiger partial charge on any atom is -0.316 e. The van der Waals surface area contributed by atoms with Gasteiger partial charge in [0.1, 0.15) is 0 Å². The molecule has 0 aromatic heterocycles. The highest BCUT2D eigenvalue weighted by atomic mass is 16.5. The van der Waals surface area contributed by atoms with E-state index in [0.717, 1.165) is 19.4 Å². The second-order valence-corrected chi connectivity index (χ2v) is 2.52. The maximum atomic E-state index is 10.8. The van der Waals surface area contributed by atoms with Gasteiger partial charge in [-0.25, -0.2) is 5.48 Å². The van der Waals surface area contributed by atoms with Crippen LogP contribution in [0.25, 0.3) is 0 Å². The van der Waals surface area contributed by atoms with E-state index >= 15 is 0 Å². The van der Waals surface area contributed by atoms with Crippen molar-refractivity contribution in [2.24, 2.45) is 5.92 Å². The number of nitrogens with one attached hydrogen (secondary N) is 2. The van der Waals surface area contributed by atoms with E-state index in [1.54, 1.807) is 5.48 Å². The van der Waals surface area contributed by atoms with Gasteiger partial charge in [-0.15, -0.1) is 0 Å². The molecule has 1 heterocycles. The number of hydroxylamine groups is 1. The summed E-state index contributed by atoms with van der Waals surface area (Å²) in [6.07, 6.45) is 1.89. The zero-order valence-corrected chi connectivity index (χ0v) is 5.76. The third kappa shape index (κ3) is 1.68. The summed E-state index contributed by atoms with van der Waals surface area (Å²) >= 11 is 0. The second-order valence-electron chi connectivity index (χ2n) is 2.52. The van der Waals surface area contributed by atoms with Gasteiger partial charge in [-0.2, -0.15) is 0 Å². The van der Waals surface area contributed by atoms with Crippen LogP contribution in [0.5, 0.6) is 0 Å². The lowest BCUT2D eigenvalue weighted by atomic mass is 9.99. The fourth-order valence-electron chi connectivity index (χ4n) is 1.17. The Labute approximate surface area is 59.6 Å². The van der Waals surface area contributed by atoms with Crippen LogP contribution < -0.4 is 10.8 Å². The molecule has 1 aliphatic heterocycles. The summed E-state index contributed by atoms with van der Waals surface area (Å²) in [6, 6.07) is 0. The lowest BCUT2D eigenvalue weighted by Crippen LogP contribution is -2.39. The lowest BCUT2D eigenvalue weighted by molar-refractivity contribution is -0.133. The van der Waals surface area contributed by atoms with Crippen LogP contribution in [0.4, 0.5) is 0 Å². The van der Waals surface area contributed by atoms with Crippen molar-refractivity contribution in [3.63, 3.8) is 0 Å². The average Bonchev–Trinajstić information content (AvgIpc) is 2.05. The van der Waals surface area contributed by atoms with Gasteiger partial charge in [-0.3, -0.25) is 10.0 Å². The number of rotatable bonds is 1. The summed E-state index contributed by atoms with van der Waals surface area (Å²) < 4.78 is 0. The first-order chi connectivity index (χ1) is 4.84. The average molecular weight is 144 g/mol. The normalized spacial score (nSPS) is 25.9. The van der Waals surface area contributed by atoms with E-state index in [-0.39, 0.29) is 11.8 Å². The van der Waals surface area contributed by atoms with Gasteiger partial charge in [0.05, 0.1) is 5.92 Å². The molecule has 1 atom stereocenters. The molecule has 0 saturated carbocycles. The summed E-state index contributed by atoms with van der Waals surface area (Å²) in [5, 5.41) is 11.3. The first-order valence-corrected chi connectivity index (χ1v) is 3.49. The zero-order valence-electron chi connectivity index (χ0n) is 5.76. The van der Waals surface area contributed by atoms with Gasteiger partial charge < -0.3 is 5.32 Å². The van der Waals surface area contributed by atoms with Crippen LogP contribution in [0.3, 0.4) is 0 Å². The molecule has 1 amide bonds. The maximum Gasteiger partial charge on any atom is 0.247 e. The molecule has 58 valence electrons. The van der Waals surface area contributed by atoms with Crippen molar-refractivity contribution < 1.29 is 10.0 Å². The van der Waals surface area contributed by atoms with Crippen molar-refractivity contribution in [1.29, 1.82) is 0 Å². The minimum absolute atomic E-state index is 0.0428. The molecular weight excluding hydrogens is 132 g/mol. The SMILES string of the molecule is O=C(NO)[C@@H]1CCCNC1. The largest absolute Gasteiger partial charge is 0.316 e. The molecule has 0 unspecified atom stereocenters. The Balaban J connectivity index is 2.31. The summed E-state index contributed by atoms with van der Waals surface area (Å²) in [5.41, 5.74) is 1.66. The molecule has 0 radical (unpaired) electrons. The van der Waals surface area contributed by atoms with Crippen molar-refractivity contribution in [2.45, 2.75) is 12.8 Å². The van der Waals surface area contributed by atoms with Crippen LogP contribution in [0.1, 0.15) is 12.8 Å². The predicted octanol–water partition coefficient (Wildman–Crippen LogP) is -0.509. The van der Waals surface area contributed by atoms with Crippen molar-refractivity contribution in [1.82, 2.24) is 10.8 Å². The van der Waals surface area contributed by atoms with Gasteiger partial charge in [0.2, 0.25) is 5.91 Å². The maximum absolute atomic E-state index is 10.8. The van der Waals surface area contributed by atoms with Crippen molar-refractivity contribution >= 4 is 5.91 Å². The van der Waals surface area contributed by atoms with E-state index in [4.69, 9.17) is 5.21 Å². The summed E-state index contributed by atoms with van der Waals surface area (Å²) in [4.78, 5) is 10.8. The molecule has 4 heteroatoms. The smallest absolute Gasteiger partial charge is 0.247 e. The summed E-state index contributed by atoms with van der Waals surface area (Å²) in [7, 11) is 0. The first kappa shape index (κ1) is 7.50. The molecule has 0 spiro atoms. The molecule has 1 saturated heterocycles. The Hall–Kier alpha value is -0.610. The van der Waals surface area contributed by atoms with Crippen LogP contribution >= 0.6 is 0 Å². The van der Waals surface area contributed by atoms with Crippen molar-refractivity contribution in [2.75, 3.05) is 13.1 Å². The quantitative estimate of drug-likeness (QED) is 0.343. The van der Waals surface area contributed by atoms with Crippen LogP contribution in [-0.2, 0) is 4.79 Å². The minimum atomic E-state index is -0.271. The number of amides is 1. The monoisotopic (exact) mass is 144 g/mol. The number of carbonyl (C=O) groups is 1. The molecule has 1 aliphatic rings. The predicted molar refractivity (Wildman–Crippen MR) is 35.5 cm³/mol. The Morgan fingerprint density at radius 1 is 1.70 bits per heavy atom. The van der Waals surface area contributed by atoms with E-state index in [2.05, 4.69) is 5.32 Å². The number of carbonyl (C=O) groups excluding carboxylic acids is 1. The van der Waals surface area contributed by atoms with E-state index in [0.29, 0.717) is 6.54 Å². The highest BCUT2D eigenvalue weighted by Gasteiger charge is 2.19. The molecule has 4 nitrogen and oxygen atoms in total. The first-order valence-electron chi connectivity index (χ1n) is 3.49. The highest BCUT2D eigenvalue weighted by molar-refractivity contribution is 5.77. The van der Waals surface area contributed by atoms with Gasteiger partial charge in [0.15, 0.2) is 0 Å². The third-order valence-electron chi connectivity index (χ3n) is 1.78. The molecule has 0 aromatic carbocycles. The molecule has 10 heavy (non-hydrogen) atoms.